The molecule has 0 aromatic heterocycles. The molecule has 114 valence electrons. The van der Waals surface area contributed by atoms with E-state index in [2.05, 4.69) is 26.1 Å². The standard InChI is InChI=1S/C17H28ClNO/c1-4-11-19-16(9-5-7-14(2)3)13-20-17-10-6-8-15(18)12-17/h6,8,10,12,14,16,19H,4-5,7,9,11,13H2,1-3H3. The predicted octanol–water partition coefficient (Wildman–Crippen LogP) is 4.91. The van der Waals surface area contributed by atoms with E-state index in [1.807, 2.05) is 24.3 Å². The molecule has 0 amide bonds. The SMILES string of the molecule is CCCNC(CCCC(C)C)COc1cccc(Cl)c1. The Morgan fingerprint density at radius 1 is 1.25 bits per heavy atom. The normalized spacial score (nSPS) is 12.7. The van der Waals surface area contributed by atoms with Crippen molar-refractivity contribution in [2.24, 2.45) is 5.92 Å². The molecule has 0 saturated heterocycles. The molecule has 0 aliphatic carbocycles. The maximum absolute atomic E-state index is 5.97. The highest BCUT2D eigenvalue weighted by atomic mass is 35.5. The second-order valence-corrected chi connectivity index (χ2v) is 6.18. The zero-order chi connectivity index (χ0) is 14.8. The summed E-state index contributed by atoms with van der Waals surface area (Å²) in [5.41, 5.74) is 0. The molecule has 0 aliphatic heterocycles. The average molecular weight is 298 g/mol. The Kier molecular flexibility index (Phi) is 8.72. The molecule has 3 heteroatoms. The van der Waals surface area contributed by atoms with E-state index in [1.165, 1.54) is 19.3 Å². The summed E-state index contributed by atoms with van der Waals surface area (Å²) < 4.78 is 5.86. The molecule has 0 spiro atoms. The predicted molar refractivity (Wildman–Crippen MR) is 87.7 cm³/mol. The van der Waals surface area contributed by atoms with Crippen molar-refractivity contribution in [2.45, 2.75) is 52.5 Å². The van der Waals surface area contributed by atoms with Gasteiger partial charge in [-0.25, -0.2) is 0 Å². The molecule has 0 heterocycles. The molecule has 0 fully saturated rings. The van der Waals surface area contributed by atoms with Gasteiger partial charge in [-0.05, 0) is 43.5 Å². The van der Waals surface area contributed by atoms with Crippen LogP contribution in [0.3, 0.4) is 0 Å². The van der Waals surface area contributed by atoms with Gasteiger partial charge in [-0.2, -0.15) is 0 Å². The minimum Gasteiger partial charge on any atom is -0.492 e. The van der Waals surface area contributed by atoms with E-state index in [0.29, 0.717) is 12.6 Å². The molecule has 1 N–H and O–H groups in total. The Morgan fingerprint density at radius 2 is 2.05 bits per heavy atom. The maximum atomic E-state index is 5.97. The van der Waals surface area contributed by atoms with Crippen LogP contribution >= 0.6 is 11.6 Å². The summed E-state index contributed by atoms with van der Waals surface area (Å²) in [6.07, 6.45) is 4.84. The second kappa shape index (κ2) is 10.1. The van der Waals surface area contributed by atoms with E-state index in [0.717, 1.165) is 29.7 Å². The Balaban J connectivity index is 2.38. The quantitative estimate of drug-likeness (QED) is 0.662. The molecule has 0 radical (unpaired) electrons. The smallest absolute Gasteiger partial charge is 0.120 e. The molecule has 1 atom stereocenters. The number of nitrogens with one attached hydrogen (secondary N) is 1. The zero-order valence-corrected chi connectivity index (χ0v) is 13.7. The van der Waals surface area contributed by atoms with Crippen LogP contribution in [0.5, 0.6) is 5.75 Å². The van der Waals surface area contributed by atoms with Crippen molar-refractivity contribution in [1.82, 2.24) is 5.32 Å². The lowest BCUT2D eigenvalue weighted by Gasteiger charge is -2.19. The molecule has 0 aliphatic rings. The summed E-state index contributed by atoms with van der Waals surface area (Å²) in [6.45, 7) is 8.49. The highest BCUT2D eigenvalue weighted by molar-refractivity contribution is 6.30. The summed E-state index contributed by atoms with van der Waals surface area (Å²) in [6, 6.07) is 8.03. The number of halogens is 1. The highest BCUT2D eigenvalue weighted by Gasteiger charge is 2.09. The Labute approximate surface area is 128 Å². The second-order valence-electron chi connectivity index (χ2n) is 5.74. The van der Waals surface area contributed by atoms with Gasteiger partial charge in [0.2, 0.25) is 0 Å². The molecular weight excluding hydrogens is 270 g/mol. The van der Waals surface area contributed by atoms with E-state index in [1.54, 1.807) is 0 Å². The number of ether oxygens (including phenoxy) is 1. The molecule has 2 nitrogen and oxygen atoms in total. The van der Waals surface area contributed by atoms with Gasteiger partial charge in [0.1, 0.15) is 12.4 Å². The third-order valence-electron chi connectivity index (χ3n) is 3.26. The van der Waals surface area contributed by atoms with Crippen molar-refractivity contribution in [3.8, 4) is 5.75 Å². The number of benzene rings is 1. The van der Waals surface area contributed by atoms with E-state index in [4.69, 9.17) is 16.3 Å². The average Bonchev–Trinajstić information content (AvgIpc) is 2.41. The molecule has 0 bridgehead atoms. The van der Waals surface area contributed by atoms with E-state index < -0.39 is 0 Å². The van der Waals surface area contributed by atoms with Crippen LogP contribution in [0.4, 0.5) is 0 Å². The summed E-state index contributed by atoms with van der Waals surface area (Å²) in [7, 11) is 0. The van der Waals surface area contributed by atoms with Crippen LogP contribution in [0.15, 0.2) is 24.3 Å². The van der Waals surface area contributed by atoms with Gasteiger partial charge < -0.3 is 10.1 Å². The Hall–Kier alpha value is -0.730. The highest BCUT2D eigenvalue weighted by Crippen LogP contribution is 2.18. The molecule has 1 aromatic rings. The third kappa shape index (κ3) is 7.76. The lowest BCUT2D eigenvalue weighted by molar-refractivity contribution is 0.252. The van der Waals surface area contributed by atoms with Crippen LogP contribution < -0.4 is 10.1 Å². The van der Waals surface area contributed by atoms with Gasteiger partial charge in [0.25, 0.3) is 0 Å². The van der Waals surface area contributed by atoms with Gasteiger partial charge in [0, 0.05) is 11.1 Å². The summed E-state index contributed by atoms with van der Waals surface area (Å²) in [4.78, 5) is 0. The topological polar surface area (TPSA) is 21.3 Å². The van der Waals surface area contributed by atoms with Gasteiger partial charge in [0.15, 0.2) is 0 Å². The lowest BCUT2D eigenvalue weighted by atomic mass is 10.0. The number of rotatable bonds is 10. The molecular formula is C17H28ClNO. The largest absolute Gasteiger partial charge is 0.492 e. The van der Waals surface area contributed by atoms with Gasteiger partial charge >= 0.3 is 0 Å². The maximum Gasteiger partial charge on any atom is 0.120 e. The number of hydrogen-bond donors (Lipinski definition) is 1. The minimum atomic E-state index is 0.424. The van der Waals surface area contributed by atoms with Crippen molar-refractivity contribution in [3.63, 3.8) is 0 Å². The van der Waals surface area contributed by atoms with Gasteiger partial charge in [0.05, 0.1) is 0 Å². The summed E-state index contributed by atoms with van der Waals surface area (Å²) >= 11 is 5.97. The first-order chi connectivity index (χ1) is 9.61. The van der Waals surface area contributed by atoms with Crippen molar-refractivity contribution in [1.29, 1.82) is 0 Å². The number of hydrogen-bond acceptors (Lipinski definition) is 2. The van der Waals surface area contributed by atoms with E-state index in [9.17, 15) is 0 Å². The Bertz CT molecular complexity index is 368. The van der Waals surface area contributed by atoms with Crippen molar-refractivity contribution < 1.29 is 4.74 Å². The molecule has 1 unspecified atom stereocenters. The molecule has 1 aromatic carbocycles. The fourth-order valence-corrected chi connectivity index (χ4v) is 2.30. The Morgan fingerprint density at radius 3 is 2.70 bits per heavy atom. The first-order valence-corrected chi connectivity index (χ1v) is 8.11. The first-order valence-electron chi connectivity index (χ1n) is 7.73. The molecule has 1 rings (SSSR count). The van der Waals surface area contributed by atoms with Gasteiger partial charge in [-0.15, -0.1) is 0 Å². The van der Waals surface area contributed by atoms with Crippen LogP contribution in [0, 0.1) is 5.92 Å². The van der Waals surface area contributed by atoms with Crippen LogP contribution in [-0.4, -0.2) is 19.2 Å². The fraction of sp³-hybridized carbons (Fsp3) is 0.647. The molecule has 20 heavy (non-hydrogen) atoms. The fourth-order valence-electron chi connectivity index (χ4n) is 2.12. The summed E-state index contributed by atoms with van der Waals surface area (Å²) in [5.74, 6) is 1.63. The van der Waals surface area contributed by atoms with Crippen molar-refractivity contribution in [3.05, 3.63) is 29.3 Å². The van der Waals surface area contributed by atoms with Crippen LogP contribution in [-0.2, 0) is 0 Å². The molecule has 0 saturated carbocycles. The van der Waals surface area contributed by atoms with Crippen LogP contribution in [0.25, 0.3) is 0 Å². The zero-order valence-electron chi connectivity index (χ0n) is 13.0. The third-order valence-corrected chi connectivity index (χ3v) is 3.50. The van der Waals surface area contributed by atoms with Crippen molar-refractivity contribution >= 4 is 11.6 Å². The van der Waals surface area contributed by atoms with Crippen LogP contribution in [0.1, 0.15) is 46.5 Å². The van der Waals surface area contributed by atoms with E-state index in [-0.39, 0.29) is 0 Å². The van der Waals surface area contributed by atoms with Crippen molar-refractivity contribution in [2.75, 3.05) is 13.2 Å². The minimum absolute atomic E-state index is 0.424. The van der Waals surface area contributed by atoms with Crippen LogP contribution in [0.2, 0.25) is 5.02 Å². The monoisotopic (exact) mass is 297 g/mol. The summed E-state index contributed by atoms with van der Waals surface area (Å²) in [5, 5.41) is 4.29. The lowest BCUT2D eigenvalue weighted by Crippen LogP contribution is -2.35. The van der Waals surface area contributed by atoms with E-state index >= 15 is 0 Å². The van der Waals surface area contributed by atoms with Gasteiger partial charge in [-0.1, -0.05) is 51.3 Å². The first kappa shape index (κ1) is 17.3. The van der Waals surface area contributed by atoms with Gasteiger partial charge in [-0.3, -0.25) is 0 Å².